The highest BCUT2D eigenvalue weighted by molar-refractivity contribution is 5.73. The van der Waals surface area contributed by atoms with Crippen molar-refractivity contribution in [3.63, 3.8) is 0 Å². The summed E-state index contributed by atoms with van der Waals surface area (Å²) in [7, 11) is 0. The predicted octanol–water partition coefficient (Wildman–Crippen LogP) is 0.706. The maximum Gasteiger partial charge on any atom is 0.307 e. The van der Waals surface area contributed by atoms with E-state index in [9.17, 15) is 18.8 Å². The predicted molar refractivity (Wildman–Crippen MR) is 73.3 cm³/mol. The minimum Gasteiger partial charge on any atom is -0.463 e. The molecule has 1 aliphatic rings. The number of ether oxygens (including phenoxy) is 3. The lowest BCUT2D eigenvalue weighted by atomic mass is 9.89. The van der Waals surface area contributed by atoms with Crippen LogP contribution in [0.15, 0.2) is 0 Å². The van der Waals surface area contributed by atoms with Crippen LogP contribution in [-0.4, -0.2) is 49.1 Å². The topological polar surface area (TPSA) is 90.9 Å². The number of halogens is 1. The SMILES string of the molecule is CCC(=O)O[C@H]1OC(COC(C)=O)[C@@H](F)C(C)[C@@H]1NC(C)=O. The summed E-state index contributed by atoms with van der Waals surface area (Å²) in [4.78, 5) is 33.6. The summed E-state index contributed by atoms with van der Waals surface area (Å²) in [5.41, 5.74) is 0. The van der Waals surface area contributed by atoms with Crippen LogP contribution in [0.3, 0.4) is 0 Å². The van der Waals surface area contributed by atoms with E-state index in [-0.39, 0.29) is 18.9 Å². The Morgan fingerprint density at radius 3 is 2.41 bits per heavy atom. The van der Waals surface area contributed by atoms with Gasteiger partial charge in [-0.05, 0) is 0 Å². The van der Waals surface area contributed by atoms with Gasteiger partial charge >= 0.3 is 11.9 Å². The first-order valence-electron chi connectivity index (χ1n) is 7.15. The highest BCUT2D eigenvalue weighted by Crippen LogP contribution is 2.29. The van der Waals surface area contributed by atoms with Gasteiger partial charge in [-0.3, -0.25) is 14.4 Å². The number of esters is 2. The van der Waals surface area contributed by atoms with Gasteiger partial charge in [0, 0.05) is 26.2 Å². The fourth-order valence-electron chi connectivity index (χ4n) is 2.20. The molecule has 1 saturated heterocycles. The summed E-state index contributed by atoms with van der Waals surface area (Å²) in [6.07, 6.45) is -3.54. The second-order valence-corrected chi connectivity index (χ2v) is 5.22. The summed E-state index contributed by atoms with van der Waals surface area (Å²) in [5.74, 6) is -2.15. The van der Waals surface area contributed by atoms with Crippen LogP contribution in [0.25, 0.3) is 0 Å². The largest absolute Gasteiger partial charge is 0.463 e. The van der Waals surface area contributed by atoms with E-state index in [1.165, 1.54) is 13.8 Å². The molecule has 0 spiro atoms. The number of alkyl halides is 1. The Balaban J connectivity index is 2.86. The fourth-order valence-corrected chi connectivity index (χ4v) is 2.20. The average Bonchev–Trinajstić information content (AvgIpc) is 2.44. The number of hydrogen-bond donors (Lipinski definition) is 1. The van der Waals surface area contributed by atoms with E-state index in [1.54, 1.807) is 13.8 Å². The molecule has 1 amide bonds. The van der Waals surface area contributed by atoms with E-state index in [0.717, 1.165) is 0 Å². The van der Waals surface area contributed by atoms with Crippen LogP contribution in [0.1, 0.15) is 34.1 Å². The second kappa shape index (κ2) is 8.07. The molecule has 0 radical (unpaired) electrons. The Bertz CT molecular complexity index is 428. The zero-order valence-electron chi connectivity index (χ0n) is 13.1. The molecule has 8 heteroatoms. The molecule has 0 saturated carbocycles. The molecule has 1 aliphatic heterocycles. The molecule has 1 fully saturated rings. The molecule has 5 atom stereocenters. The molecule has 1 N–H and O–H groups in total. The standard InChI is InChI=1S/C14H22FNO6/c1-5-11(19)22-14-13(16-8(3)17)7(2)12(15)10(21-14)6-20-9(4)18/h7,10,12-14H,5-6H2,1-4H3,(H,16,17)/t7?,10?,12-,13-,14+/m0/s1. The number of carbonyl (C=O) groups is 3. The van der Waals surface area contributed by atoms with E-state index in [0.29, 0.717) is 0 Å². The van der Waals surface area contributed by atoms with Crippen molar-refractivity contribution in [1.82, 2.24) is 5.32 Å². The zero-order chi connectivity index (χ0) is 16.9. The molecular weight excluding hydrogens is 297 g/mol. The molecule has 0 aliphatic carbocycles. The Hall–Kier alpha value is -1.70. The maximum absolute atomic E-state index is 14.4. The smallest absolute Gasteiger partial charge is 0.307 e. The van der Waals surface area contributed by atoms with E-state index < -0.39 is 42.5 Å². The van der Waals surface area contributed by atoms with Crippen LogP contribution < -0.4 is 5.32 Å². The van der Waals surface area contributed by atoms with Crippen molar-refractivity contribution in [1.29, 1.82) is 0 Å². The summed E-state index contributed by atoms with van der Waals surface area (Å²) in [6.45, 7) is 5.38. The molecule has 0 aromatic heterocycles. The number of nitrogens with one attached hydrogen (secondary N) is 1. The van der Waals surface area contributed by atoms with Gasteiger partial charge in [0.1, 0.15) is 18.9 Å². The van der Waals surface area contributed by atoms with Crippen LogP contribution in [-0.2, 0) is 28.6 Å². The molecule has 126 valence electrons. The Labute approximate surface area is 128 Å². The minimum atomic E-state index is -1.48. The van der Waals surface area contributed by atoms with Crippen LogP contribution in [0, 0.1) is 5.92 Å². The molecule has 7 nitrogen and oxygen atoms in total. The van der Waals surface area contributed by atoms with E-state index in [1.807, 2.05) is 0 Å². The Morgan fingerprint density at radius 1 is 1.27 bits per heavy atom. The number of hydrogen-bond acceptors (Lipinski definition) is 6. The van der Waals surface area contributed by atoms with Gasteiger partial charge in [-0.25, -0.2) is 4.39 Å². The number of amides is 1. The Kier molecular flexibility index (Phi) is 6.73. The van der Waals surface area contributed by atoms with E-state index in [2.05, 4.69) is 5.32 Å². The van der Waals surface area contributed by atoms with Gasteiger partial charge in [0.05, 0.1) is 6.04 Å². The Morgan fingerprint density at radius 2 is 1.91 bits per heavy atom. The van der Waals surface area contributed by atoms with Gasteiger partial charge in [-0.1, -0.05) is 13.8 Å². The van der Waals surface area contributed by atoms with Crippen LogP contribution in [0.5, 0.6) is 0 Å². The van der Waals surface area contributed by atoms with E-state index >= 15 is 0 Å². The lowest BCUT2D eigenvalue weighted by Gasteiger charge is -2.41. The quantitative estimate of drug-likeness (QED) is 0.750. The molecule has 22 heavy (non-hydrogen) atoms. The van der Waals surface area contributed by atoms with Crippen molar-refractivity contribution in [3.05, 3.63) is 0 Å². The van der Waals surface area contributed by atoms with Gasteiger partial charge < -0.3 is 19.5 Å². The van der Waals surface area contributed by atoms with Crippen molar-refractivity contribution in [2.24, 2.45) is 5.92 Å². The van der Waals surface area contributed by atoms with Gasteiger partial charge in [-0.2, -0.15) is 0 Å². The highest BCUT2D eigenvalue weighted by Gasteiger charge is 2.46. The molecular formula is C14H22FNO6. The summed E-state index contributed by atoms with van der Waals surface area (Å²) in [5, 5.41) is 2.54. The second-order valence-electron chi connectivity index (χ2n) is 5.22. The van der Waals surface area contributed by atoms with Gasteiger partial charge in [-0.15, -0.1) is 0 Å². The zero-order valence-corrected chi connectivity index (χ0v) is 13.1. The summed E-state index contributed by atoms with van der Waals surface area (Å²) < 4.78 is 29.7. The fraction of sp³-hybridized carbons (Fsp3) is 0.786. The molecule has 0 aromatic rings. The normalized spacial score (nSPS) is 31.2. The monoisotopic (exact) mass is 319 g/mol. The van der Waals surface area contributed by atoms with Crippen LogP contribution in [0.2, 0.25) is 0 Å². The molecule has 0 aromatic carbocycles. The molecule has 1 heterocycles. The highest BCUT2D eigenvalue weighted by atomic mass is 19.1. The molecule has 2 unspecified atom stereocenters. The average molecular weight is 319 g/mol. The lowest BCUT2D eigenvalue weighted by molar-refractivity contribution is -0.243. The van der Waals surface area contributed by atoms with Crippen LogP contribution >= 0.6 is 0 Å². The molecule has 1 rings (SSSR count). The number of carbonyl (C=O) groups excluding carboxylic acids is 3. The first-order chi connectivity index (χ1) is 10.3. The first kappa shape index (κ1) is 18.3. The van der Waals surface area contributed by atoms with Crippen molar-refractivity contribution in [2.75, 3.05) is 6.61 Å². The molecule has 0 bridgehead atoms. The van der Waals surface area contributed by atoms with Gasteiger partial charge in [0.15, 0.2) is 0 Å². The summed E-state index contributed by atoms with van der Waals surface area (Å²) >= 11 is 0. The minimum absolute atomic E-state index is 0.120. The van der Waals surface area contributed by atoms with Crippen molar-refractivity contribution in [2.45, 2.75) is 58.7 Å². The summed E-state index contributed by atoms with van der Waals surface area (Å²) in [6, 6.07) is -0.809. The maximum atomic E-state index is 14.4. The van der Waals surface area contributed by atoms with Gasteiger partial charge in [0.2, 0.25) is 12.2 Å². The van der Waals surface area contributed by atoms with Crippen molar-refractivity contribution in [3.8, 4) is 0 Å². The third-order valence-corrected chi connectivity index (χ3v) is 3.38. The van der Waals surface area contributed by atoms with Gasteiger partial charge in [0.25, 0.3) is 0 Å². The lowest BCUT2D eigenvalue weighted by Crippen LogP contribution is -2.60. The van der Waals surface area contributed by atoms with Crippen molar-refractivity contribution < 1.29 is 33.0 Å². The third kappa shape index (κ3) is 4.94. The van der Waals surface area contributed by atoms with E-state index in [4.69, 9.17) is 14.2 Å². The first-order valence-corrected chi connectivity index (χ1v) is 7.15. The van der Waals surface area contributed by atoms with Crippen LogP contribution in [0.4, 0.5) is 4.39 Å². The third-order valence-electron chi connectivity index (χ3n) is 3.38. The number of rotatable bonds is 5. The van der Waals surface area contributed by atoms with Crippen molar-refractivity contribution >= 4 is 17.8 Å².